The highest BCUT2D eigenvalue weighted by atomic mass is 35.5. The highest BCUT2D eigenvalue weighted by molar-refractivity contribution is 7.16. The second-order valence-corrected chi connectivity index (χ2v) is 7.38. The average molecular weight is 325 g/mol. The molecule has 0 aliphatic rings. The molecule has 1 atom stereocenters. The minimum Gasteiger partial charge on any atom is -0.467 e. The van der Waals surface area contributed by atoms with Gasteiger partial charge in [-0.3, -0.25) is 5.32 Å². The van der Waals surface area contributed by atoms with Crippen LogP contribution in [0.15, 0.2) is 41.1 Å². The lowest BCUT2D eigenvalue weighted by molar-refractivity contribution is 0.450. The summed E-state index contributed by atoms with van der Waals surface area (Å²) >= 11 is 9.30. The van der Waals surface area contributed by atoms with Crippen molar-refractivity contribution < 1.29 is 4.42 Å². The summed E-state index contributed by atoms with van der Waals surface area (Å²) in [6.07, 6.45) is 3.60. The quantitative estimate of drug-likeness (QED) is 0.743. The van der Waals surface area contributed by atoms with Gasteiger partial charge in [-0.25, -0.2) is 4.98 Å². The van der Waals surface area contributed by atoms with Gasteiger partial charge < -0.3 is 4.42 Å². The Balaban J connectivity index is 1.79. The minimum absolute atomic E-state index is 0.0184. The fourth-order valence-electron chi connectivity index (χ4n) is 1.97. The van der Waals surface area contributed by atoms with Crippen LogP contribution >= 0.6 is 34.3 Å². The van der Waals surface area contributed by atoms with Crippen LogP contribution in [0.4, 0.5) is 0 Å². The number of hydrogen-bond acceptors (Lipinski definition) is 5. The molecule has 0 aliphatic heterocycles. The van der Waals surface area contributed by atoms with Gasteiger partial charge in [0, 0.05) is 22.5 Å². The fourth-order valence-corrected chi connectivity index (χ4v) is 3.86. The molecule has 0 amide bonds. The van der Waals surface area contributed by atoms with Gasteiger partial charge >= 0.3 is 0 Å². The maximum absolute atomic E-state index is 6.04. The van der Waals surface area contributed by atoms with Gasteiger partial charge in [0.2, 0.25) is 0 Å². The zero-order valence-corrected chi connectivity index (χ0v) is 13.2. The number of thiophene rings is 1. The number of halogens is 1. The Labute approximate surface area is 130 Å². The number of hydrogen-bond donors (Lipinski definition) is 1. The van der Waals surface area contributed by atoms with Gasteiger partial charge in [0.1, 0.15) is 11.8 Å². The Morgan fingerprint density at radius 3 is 2.85 bits per heavy atom. The van der Waals surface area contributed by atoms with Crippen molar-refractivity contribution in [2.45, 2.75) is 19.5 Å². The highest BCUT2D eigenvalue weighted by Gasteiger charge is 2.18. The van der Waals surface area contributed by atoms with Crippen molar-refractivity contribution in [2.24, 2.45) is 0 Å². The molecule has 1 N–H and O–H groups in total. The minimum atomic E-state index is 0.0184. The number of nitrogens with zero attached hydrogens (tertiary/aromatic N) is 1. The van der Waals surface area contributed by atoms with E-state index in [9.17, 15) is 0 Å². The third kappa shape index (κ3) is 3.12. The van der Waals surface area contributed by atoms with Gasteiger partial charge in [0.15, 0.2) is 0 Å². The molecule has 0 bridgehead atoms. The van der Waals surface area contributed by atoms with Crippen LogP contribution in [0.2, 0.25) is 4.34 Å². The Morgan fingerprint density at radius 1 is 1.35 bits per heavy atom. The first-order chi connectivity index (χ1) is 9.72. The molecular weight excluding hydrogens is 312 g/mol. The Hall–Kier alpha value is -1.14. The number of nitrogens with one attached hydrogen (secondary N) is 1. The van der Waals surface area contributed by atoms with Crippen molar-refractivity contribution in [1.29, 1.82) is 0 Å². The van der Waals surface area contributed by atoms with Crippen LogP contribution in [-0.4, -0.2) is 4.98 Å². The number of thiazole rings is 1. The van der Waals surface area contributed by atoms with Gasteiger partial charge in [0.25, 0.3) is 0 Å². The van der Waals surface area contributed by atoms with Gasteiger partial charge in [-0.05, 0) is 31.2 Å². The Bertz CT molecular complexity index is 675. The molecule has 3 nitrogen and oxygen atoms in total. The standard InChI is InChI=1S/C14H13ClN2OS2/c1-9-16-7-10(19-9)8-17-14(11-3-2-6-18-11)12-4-5-13(15)20-12/h2-7,14,17H,8H2,1H3. The lowest BCUT2D eigenvalue weighted by atomic mass is 10.2. The first-order valence-corrected chi connectivity index (χ1v) is 8.17. The first kappa shape index (κ1) is 13.8. The normalized spacial score (nSPS) is 12.7. The van der Waals surface area contributed by atoms with E-state index in [1.165, 1.54) is 4.88 Å². The van der Waals surface area contributed by atoms with Crippen LogP contribution in [0, 0.1) is 6.92 Å². The largest absolute Gasteiger partial charge is 0.467 e. The molecule has 3 rings (SSSR count). The van der Waals surface area contributed by atoms with E-state index in [0.29, 0.717) is 0 Å². The summed E-state index contributed by atoms with van der Waals surface area (Å²) in [5.74, 6) is 0.893. The third-order valence-electron chi connectivity index (χ3n) is 2.86. The van der Waals surface area contributed by atoms with Crippen molar-refractivity contribution in [3.05, 3.63) is 61.6 Å². The van der Waals surface area contributed by atoms with Crippen LogP contribution in [-0.2, 0) is 6.54 Å². The van der Waals surface area contributed by atoms with E-state index in [0.717, 1.165) is 26.5 Å². The molecule has 0 aromatic carbocycles. The maximum atomic E-state index is 6.04. The molecule has 0 fully saturated rings. The summed E-state index contributed by atoms with van der Waals surface area (Å²) in [6, 6.07) is 7.84. The molecular formula is C14H13ClN2OS2. The summed E-state index contributed by atoms with van der Waals surface area (Å²) in [7, 11) is 0. The molecule has 3 aromatic heterocycles. The van der Waals surface area contributed by atoms with Gasteiger partial charge in [-0.2, -0.15) is 0 Å². The molecule has 6 heteroatoms. The van der Waals surface area contributed by atoms with Crippen LogP contribution in [0.1, 0.15) is 26.6 Å². The van der Waals surface area contributed by atoms with E-state index in [1.807, 2.05) is 37.4 Å². The van der Waals surface area contributed by atoms with Crippen LogP contribution in [0.5, 0.6) is 0 Å². The Kier molecular flexibility index (Phi) is 4.21. The van der Waals surface area contributed by atoms with Crippen LogP contribution in [0.3, 0.4) is 0 Å². The first-order valence-electron chi connectivity index (χ1n) is 6.15. The molecule has 0 saturated heterocycles. The van der Waals surface area contributed by atoms with E-state index in [2.05, 4.69) is 10.3 Å². The maximum Gasteiger partial charge on any atom is 0.126 e. The second kappa shape index (κ2) is 6.10. The van der Waals surface area contributed by atoms with Gasteiger partial charge in [-0.15, -0.1) is 22.7 Å². The zero-order valence-electron chi connectivity index (χ0n) is 10.8. The topological polar surface area (TPSA) is 38.1 Å². The zero-order chi connectivity index (χ0) is 13.9. The number of aromatic nitrogens is 1. The van der Waals surface area contributed by atoms with Crippen molar-refractivity contribution in [3.8, 4) is 0 Å². The van der Waals surface area contributed by atoms with Crippen molar-refractivity contribution in [3.63, 3.8) is 0 Å². The van der Waals surface area contributed by atoms with E-state index in [-0.39, 0.29) is 6.04 Å². The Morgan fingerprint density at radius 2 is 2.25 bits per heavy atom. The lowest BCUT2D eigenvalue weighted by Gasteiger charge is -2.14. The van der Waals surface area contributed by atoms with E-state index in [4.69, 9.17) is 16.0 Å². The summed E-state index contributed by atoms with van der Waals surface area (Å²) in [6.45, 7) is 2.77. The molecule has 3 aromatic rings. The smallest absolute Gasteiger partial charge is 0.126 e. The third-order valence-corrected chi connectivity index (χ3v) is 5.06. The summed E-state index contributed by atoms with van der Waals surface area (Å²) in [5, 5.41) is 4.59. The lowest BCUT2D eigenvalue weighted by Crippen LogP contribution is -2.20. The molecule has 0 saturated carbocycles. The van der Waals surface area contributed by atoms with Crippen molar-refractivity contribution in [1.82, 2.24) is 10.3 Å². The molecule has 0 radical (unpaired) electrons. The van der Waals surface area contributed by atoms with Gasteiger partial charge in [-0.1, -0.05) is 11.6 Å². The summed E-state index contributed by atoms with van der Waals surface area (Å²) in [4.78, 5) is 6.63. The van der Waals surface area contributed by atoms with E-state index in [1.54, 1.807) is 28.9 Å². The summed E-state index contributed by atoms with van der Waals surface area (Å²) < 4.78 is 6.33. The van der Waals surface area contributed by atoms with E-state index >= 15 is 0 Å². The molecule has 1 unspecified atom stereocenters. The number of rotatable bonds is 5. The fraction of sp³-hybridized carbons (Fsp3) is 0.214. The van der Waals surface area contributed by atoms with E-state index < -0.39 is 0 Å². The van der Waals surface area contributed by atoms with Crippen LogP contribution in [0.25, 0.3) is 0 Å². The predicted molar refractivity (Wildman–Crippen MR) is 83.6 cm³/mol. The molecule has 104 valence electrons. The molecule has 3 heterocycles. The predicted octanol–water partition coefficient (Wildman–Crippen LogP) is 4.64. The van der Waals surface area contributed by atoms with Gasteiger partial charge in [0.05, 0.1) is 15.6 Å². The molecule has 0 aliphatic carbocycles. The summed E-state index contributed by atoms with van der Waals surface area (Å²) in [5.41, 5.74) is 0. The second-order valence-electron chi connectivity index (χ2n) is 4.32. The van der Waals surface area contributed by atoms with Crippen LogP contribution < -0.4 is 5.32 Å². The highest BCUT2D eigenvalue weighted by Crippen LogP contribution is 2.31. The average Bonchev–Trinajstić information content (AvgIpc) is 3.13. The number of aryl methyl sites for hydroxylation is 1. The number of furan rings is 1. The SMILES string of the molecule is Cc1ncc(CNC(c2ccco2)c2ccc(Cl)s2)s1. The molecule has 20 heavy (non-hydrogen) atoms. The van der Waals surface area contributed by atoms with Crippen molar-refractivity contribution >= 4 is 34.3 Å². The molecule has 0 spiro atoms. The monoisotopic (exact) mass is 324 g/mol. The van der Waals surface area contributed by atoms with Crippen molar-refractivity contribution in [2.75, 3.05) is 0 Å².